The Bertz CT molecular complexity index is 3150. The second-order valence-electron chi connectivity index (χ2n) is 14.2. The first-order valence-electron chi connectivity index (χ1n) is 18.8. The van der Waals surface area contributed by atoms with Crippen LogP contribution in [0, 0.1) is 0 Å². The molecule has 0 aliphatic heterocycles. The maximum atomic E-state index is 2.42. The molecule has 0 unspecified atom stereocenters. The molecule has 0 atom stereocenters. The molecule has 11 aromatic rings. The van der Waals surface area contributed by atoms with Gasteiger partial charge in [0.05, 0.1) is 11.0 Å². The minimum absolute atomic E-state index is 1.11. The fourth-order valence-electron chi connectivity index (χ4n) is 8.41. The zero-order chi connectivity index (χ0) is 36.3. The Morgan fingerprint density at radius 1 is 0.345 bits per heavy atom. The van der Waals surface area contributed by atoms with E-state index in [0.717, 1.165) is 22.7 Å². The number of para-hydroxylation sites is 2. The lowest BCUT2D eigenvalue weighted by molar-refractivity contribution is 1.19. The van der Waals surface area contributed by atoms with Gasteiger partial charge in [-0.1, -0.05) is 133 Å². The molecule has 0 N–H and O–H groups in total. The molecule has 3 heteroatoms. The predicted octanol–water partition coefficient (Wildman–Crippen LogP) is 15.1. The monoisotopic (exact) mass is 718 g/mol. The summed E-state index contributed by atoms with van der Waals surface area (Å²) in [6, 6.07) is 75.3. The average molecular weight is 719 g/mol. The van der Waals surface area contributed by atoms with E-state index in [4.69, 9.17) is 0 Å². The fourth-order valence-corrected chi connectivity index (χ4v) is 9.50. The highest BCUT2D eigenvalue weighted by atomic mass is 32.1. The van der Waals surface area contributed by atoms with Crippen LogP contribution in [0.3, 0.4) is 0 Å². The van der Waals surface area contributed by atoms with Gasteiger partial charge in [-0.15, -0.1) is 11.3 Å². The molecule has 0 fully saturated rings. The lowest BCUT2D eigenvalue weighted by Gasteiger charge is -2.26. The Balaban J connectivity index is 1.08. The van der Waals surface area contributed by atoms with Gasteiger partial charge >= 0.3 is 0 Å². The molecule has 2 nitrogen and oxygen atoms in total. The zero-order valence-corrected chi connectivity index (χ0v) is 30.7. The molecule has 0 bridgehead atoms. The molecule has 9 aromatic carbocycles. The quantitative estimate of drug-likeness (QED) is 0.166. The molecule has 0 aliphatic rings. The van der Waals surface area contributed by atoms with E-state index < -0.39 is 0 Å². The summed E-state index contributed by atoms with van der Waals surface area (Å²) >= 11 is 1.85. The largest absolute Gasteiger partial charge is 0.310 e. The number of hydrogen-bond acceptors (Lipinski definition) is 2. The van der Waals surface area contributed by atoms with Gasteiger partial charge in [0.2, 0.25) is 0 Å². The van der Waals surface area contributed by atoms with Crippen LogP contribution >= 0.6 is 11.3 Å². The fraction of sp³-hybridized carbons (Fsp3) is 0. The Labute approximate surface area is 323 Å². The number of thiophene rings is 1. The highest BCUT2D eigenvalue weighted by molar-refractivity contribution is 7.25. The van der Waals surface area contributed by atoms with Gasteiger partial charge in [-0.2, -0.15) is 0 Å². The van der Waals surface area contributed by atoms with Gasteiger partial charge in [0.25, 0.3) is 0 Å². The summed E-state index contributed by atoms with van der Waals surface area (Å²) < 4.78 is 5.03. The molecule has 11 rings (SSSR count). The van der Waals surface area contributed by atoms with Crippen molar-refractivity contribution in [1.29, 1.82) is 0 Å². The number of hydrogen-bond donors (Lipinski definition) is 0. The van der Waals surface area contributed by atoms with E-state index in [-0.39, 0.29) is 0 Å². The number of anilines is 3. The predicted molar refractivity (Wildman–Crippen MR) is 237 cm³/mol. The van der Waals surface area contributed by atoms with Crippen molar-refractivity contribution in [1.82, 2.24) is 4.57 Å². The van der Waals surface area contributed by atoms with Crippen LogP contribution < -0.4 is 4.90 Å². The van der Waals surface area contributed by atoms with Gasteiger partial charge in [0.1, 0.15) is 0 Å². The summed E-state index contributed by atoms with van der Waals surface area (Å²) in [7, 11) is 0. The van der Waals surface area contributed by atoms with Crippen LogP contribution in [-0.4, -0.2) is 4.57 Å². The van der Waals surface area contributed by atoms with Gasteiger partial charge < -0.3 is 9.47 Å². The van der Waals surface area contributed by atoms with Crippen LogP contribution in [0.15, 0.2) is 206 Å². The Kier molecular flexibility index (Phi) is 7.39. The Morgan fingerprint density at radius 3 is 1.73 bits per heavy atom. The van der Waals surface area contributed by atoms with Crippen molar-refractivity contribution in [2.75, 3.05) is 4.90 Å². The van der Waals surface area contributed by atoms with Gasteiger partial charge in [-0.05, 0) is 106 Å². The first-order valence-corrected chi connectivity index (χ1v) is 19.6. The normalized spacial score (nSPS) is 11.6. The van der Waals surface area contributed by atoms with Crippen molar-refractivity contribution in [2.24, 2.45) is 0 Å². The van der Waals surface area contributed by atoms with E-state index in [1.54, 1.807) is 0 Å². The van der Waals surface area contributed by atoms with Crippen LogP contribution in [0.2, 0.25) is 0 Å². The summed E-state index contributed by atoms with van der Waals surface area (Å²) in [5.41, 5.74) is 11.7. The lowest BCUT2D eigenvalue weighted by Crippen LogP contribution is -2.10. The first kappa shape index (κ1) is 31.6. The maximum Gasteiger partial charge on any atom is 0.0541 e. The van der Waals surface area contributed by atoms with E-state index in [1.165, 1.54) is 75.0 Å². The summed E-state index contributed by atoms with van der Waals surface area (Å²) in [5.74, 6) is 0. The first-order chi connectivity index (χ1) is 27.3. The van der Waals surface area contributed by atoms with E-state index in [9.17, 15) is 0 Å². The van der Waals surface area contributed by atoms with Gasteiger partial charge in [0, 0.05) is 53.7 Å². The smallest absolute Gasteiger partial charge is 0.0541 e. The third-order valence-electron chi connectivity index (χ3n) is 11.0. The Hall–Kier alpha value is -6.94. The van der Waals surface area contributed by atoms with E-state index in [0.29, 0.717) is 0 Å². The summed E-state index contributed by atoms with van der Waals surface area (Å²) in [6.07, 6.45) is 0. The van der Waals surface area contributed by atoms with Crippen LogP contribution in [-0.2, 0) is 0 Å². The van der Waals surface area contributed by atoms with E-state index >= 15 is 0 Å². The van der Waals surface area contributed by atoms with Gasteiger partial charge in [0.15, 0.2) is 0 Å². The number of aromatic nitrogens is 1. The number of rotatable bonds is 6. The van der Waals surface area contributed by atoms with E-state index in [2.05, 4.69) is 216 Å². The molecular formula is C52H34N2S. The number of benzene rings is 9. The molecule has 0 spiro atoms. The molecule has 55 heavy (non-hydrogen) atoms. The minimum atomic E-state index is 1.11. The molecule has 2 heterocycles. The van der Waals surface area contributed by atoms with Crippen LogP contribution in [0.1, 0.15) is 0 Å². The molecule has 0 saturated heterocycles. The van der Waals surface area contributed by atoms with Crippen LogP contribution in [0.25, 0.3) is 80.7 Å². The third kappa shape index (κ3) is 5.32. The molecular weight excluding hydrogens is 685 g/mol. The molecule has 258 valence electrons. The van der Waals surface area contributed by atoms with Crippen molar-refractivity contribution in [3.63, 3.8) is 0 Å². The van der Waals surface area contributed by atoms with Gasteiger partial charge in [-0.3, -0.25) is 0 Å². The maximum absolute atomic E-state index is 2.42. The van der Waals surface area contributed by atoms with Crippen molar-refractivity contribution in [2.45, 2.75) is 0 Å². The highest BCUT2D eigenvalue weighted by Crippen LogP contribution is 2.43. The van der Waals surface area contributed by atoms with Crippen molar-refractivity contribution < 1.29 is 0 Å². The minimum Gasteiger partial charge on any atom is -0.310 e. The summed E-state index contributed by atoms with van der Waals surface area (Å²) in [4.78, 5) is 2.40. The second-order valence-corrected chi connectivity index (χ2v) is 15.2. The molecule has 0 aliphatic carbocycles. The third-order valence-corrected chi connectivity index (χ3v) is 12.1. The van der Waals surface area contributed by atoms with Crippen molar-refractivity contribution in [3.8, 4) is 27.9 Å². The highest BCUT2D eigenvalue weighted by Gasteiger charge is 2.18. The zero-order valence-electron chi connectivity index (χ0n) is 29.9. The van der Waals surface area contributed by atoms with E-state index in [1.807, 2.05) is 11.3 Å². The molecule has 0 saturated carbocycles. The number of nitrogens with zero attached hydrogens (tertiary/aromatic N) is 2. The number of fused-ring (bicyclic) bond motifs is 7. The topological polar surface area (TPSA) is 8.17 Å². The van der Waals surface area contributed by atoms with Crippen molar-refractivity contribution in [3.05, 3.63) is 206 Å². The SMILES string of the molecule is c1ccc(-c2cccc(N(c3ccc(-c4cc(-n5c6ccccc6c6ccccc65)cc5ccccc45)cc3)c3ccc4sc5ccccc5c4c3)c2)cc1. The standard InChI is InChI=1S/C52H34N2S/c1-2-13-35(14-3-1)37-16-12-17-40(31-37)53(41-29-30-52-48(33-41)46-21-8-11-24-51(46)55-52)39-27-25-36(26-28-39)47-34-42(32-38-15-4-5-18-43(38)47)54-49-22-9-6-19-44(49)45-20-7-10-23-50(45)54/h1-34H. The molecule has 2 aromatic heterocycles. The molecule has 0 radical (unpaired) electrons. The Morgan fingerprint density at radius 2 is 0.945 bits per heavy atom. The molecule has 0 amide bonds. The summed E-state index contributed by atoms with van der Waals surface area (Å²) in [5, 5.41) is 7.57. The van der Waals surface area contributed by atoms with Crippen LogP contribution in [0.5, 0.6) is 0 Å². The summed E-state index contributed by atoms with van der Waals surface area (Å²) in [6.45, 7) is 0. The van der Waals surface area contributed by atoms with Gasteiger partial charge in [-0.25, -0.2) is 0 Å². The second kappa shape index (κ2) is 12.9. The van der Waals surface area contributed by atoms with Crippen LogP contribution in [0.4, 0.5) is 17.1 Å². The average Bonchev–Trinajstić information content (AvgIpc) is 3.80. The van der Waals surface area contributed by atoms with Crippen molar-refractivity contribution >= 4 is 81.1 Å². The lowest BCUT2D eigenvalue weighted by atomic mass is 9.96.